The van der Waals surface area contributed by atoms with Crippen molar-refractivity contribution in [2.24, 2.45) is 0 Å². The first-order chi connectivity index (χ1) is 11.1. The minimum atomic E-state index is -0.525. The minimum absolute atomic E-state index is 0.0745. The second kappa shape index (κ2) is 7.85. The van der Waals surface area contributed by atoms with Crippen molar-refractivity contribution in [3.8, 4) is 0 Å². The predicted molar refractivity (Wildman–Crippen MR) is 89.6 cm³/mol. The third-order valence-corrected chi connectivity index (χ3v) is 3.17. The Morgan fingerprint density at radius 1 is 1.04 bits per heavy atom. The van der Waals surface area contributed by atoms with Crippen LogP contribution in [0.25, 0.3) is 0 Å². The van der Waals surface area contributed by atoms with Gasteiger partial charge in [-0.25, -0.2) is 0 Å². The SMILES string of the molecule is O=C(NNC(=S)NCc1ccccc1)c1ccc([N+](=O)[O-])cc1. The van der Waals surface area contributed by atoms with E-state index >= 15 is 0 Å². The topological polar surface area (TPSA) is 96.3 Å². The van der Waals surface area contributed by atoms with Crippen molar-refractivity contribution in [3.63, 3.8) is 0 Å². The van der Waals surface area contributed by atoms with Crippen LogP contribution in [0.2, 0.25) is 0 Å². The smallest absolute Gasteiger partial charge is 0.269 e. The number of carbonyl (C=O) groups excluding carboxylic acids is 1. The van der Waals surface area contributed by atoms with Gasteiger partial charge >= 0.3 is 0 Å². The van der Waals surface area contributed by atoms with Crippen LogP contribution in [0.3, 0.4) is 0 Å². The number of hydrogen-bond acceptors (Lipinski definition) is 4. The first-order valence-corrected chi connectivity index (χ1v) is 7.09. The van der Waals surface area contributed by atoms with Crippen molar-refractivity contribution in [2.75, 3.05) is 0 Å². The molecular formula is C15H14N4O3S. The number of nitrogens with one attached hydrogen (secondary N) is 3. The predicted octanol–water partition coefficient (Wildman–Crippen LogP) is 1.90. The van der Waals surface area contributed by atoms with E-state index in [-0.39, 0.29) is 16.4 Å². The van der Waals surface area contributed by atoms with Gasteiger partial charge in [0.1, 0.15) is 0 Å². The molecule has 0 bridgehead atoms. The number of carbonyl (C=O) groups is 1. The molecule has 1 amide bonds. The molecule has 0 saturated carbocycles. The second-order valence-corrected chi connectivity index (χ2v) is 4.96. The molecule has 0 spiro atoms. The van der Waals surface area contributed by atoms with Gasteiger partial charge in [-0.2, -0.15) is 0 Å². The van der Waals surface area contributed by atoms with Gasteiger partial charge < -0.3 is 5.32 Å². The minimum Gasteiger partial charge on any atom is -0.357 e. The summed E-state index contributed by atoms with van der Waals surface area (Å²) in [6, 6.07) is 14.9. The molecule has 0 aliphatic carbocycles. The molecule has 2 rings (SSSR count). The largest absolute Gasteiger partial charge is 0.357 e. The molecule has 0 aliphatic heterocycles. The molecule has 0 atom stereocenters. The third kappa shape index (κ3) is 5.04. The summed E-state index contributed by atoms with van der Waals surface area (Å²) in [7, 11) is 0. The van der Waals surface area contributed by atoms with Gasteiger partial charge in [0.25, 0.3) is 11.6 Å². The standard InChI is InChI=1S/C15H14N4O3S/c20-14(12-6-8-13(9-7-12)19(21)22)17-18-15(23)16-10-11-4-2-1-3-5-11/h1-9H,10H2,(H,17,20)(H2,16,18,23). The van der Waals surface area contributed by atoms with Gasteiger partial charge in [-0.1, -0.05) is 30.3 Å². The van der Waals surface area contributed by atoms with Crippen molar-refractivity contribution in [3.05, 3.63) is 75.8 Å². The van der Waals surface area contributed by atoms with Crippen LogP contribution in [0.1, 0.15) is 15.9 Å². The van der Waals surface area contributed by atoms with Gasteiger partial charge in [0, 0.05) is 24.2 Å². The number of nitro groups is 1. The third-order valence-electron chi connectivity index (χ3n) is 2.93. The van der Waals surface area contributed by atoms with E-state index in [4.69, 9.17) is 12.2 Å². The summed E-state index contributed by atoms with van der Waals surface area (Å²) < 4.78 is 0. The maximum atomic E-state index is 11.9. The molecule has 0 aliphatic rings. The second-order valence-electron chi connectivity index (χ2n) is 4.55. The lowest BCUT2D eigenvalue weighted by Crippen LogP contribution is -2.46. The van der Waals surface area contributed by atoms with E-state index in [9.17, 15) is 14.9 Å². The summed E-state index contributed by atoms with van der Waals surface area (Å²) in [4.78, 5) is 21.9. The molecule has 2 aromatic rings. The Hall–Kier alpha value is -3.00. The number of nitro benzene ring substituents is 1. The number of rotatable bonds is 4. The molecule has 0 radical (unpaired) electrons. The van der Waals surface area contributed by atoms with Gasteiger partial charge in [-0.15, -0.1) is 0 Å². The van der Waals surface area contributed by atoms with Crippen LogP contribution < -0.4 is 16.2 Å². The molecule has 0 aromatic heterocycles. The number of benzene rings is 2. The Bertz CT molecular complexity index is 704. The summed E-state index contributed by atoms with van der Waals surface area (Å²) >= 11 is 5.05. The summed E-state index contributed by atoms with van der Waals surface area (Å²) in [5, 5.41) is 13.8. The Kier molecular flexibility index (Phi) is 5.59. The molecule has 0 fully saturated rings. The van der Waals surface area contributed by atoms with Crippen LogP contribution in [0.15, 0.2) is 54.6 Å². The fourth-order valence-corrected chi connectivity index (χ4v) is 1.87. The average molecular weight is 330 g/mol. The highest BCUT2D eigenvalue weighted by Gasteiger charge is 2.09. The number of amides is 1. The summed E-state index contributed by atoms with van der Waals surface area (Å²) in [6.07, 6.45) is 0. The maximum Gasteiger partial charge on any atom is 0.269 e. The van der Waals surface area contributed by atoms with Crippen LogP contribution in [0.5, 0.6) is 0 Å². The number of nitrogens with zero attached hydrogens (tertiary/aromatic N) is 1. The zero-order valence-electron chi connectivity index (χ0n) is 12.0. The summed E-state index contributed by atoms with van der Waals surface area (Å²) in [5.74, 6) is -0.441. The Morgan fingerprint density at radius 3 is 2.30 bits per heavy atom. The highest BCUT2D eigenvalue weighted by Crippen LogP contribution is 2.11. The van der Waals surface area contributed by atoms with Crippen molar-refractivity contribution in [2.45, 2.75) is 6.54 Å². The molecular weight excluding hydrogens is 316 g/mol. The fraction of sp³-hybridized carbons (Fsp3) is 0.0667. The van der Waals surface area contributed by atoms with E-state index in [1.54, 1.807) is 0 Å². The van der Waals surface area contributed by atoms with Crippen LogP contribution in [0, 0.1) is 10.1 Å². The van der Waals surface area contributed by atoms with Crippen LogP contribution in [0.4, 0.5) is 5.69 Å². The lowest BCUT2D eigenvalue weighted by atomic mass is 10.2. The first kappa shape index (κ1) is 16.4. The van der Waals surface area contributed by atoms with Gasteiger partial charge in [0.2, 0.25) is 0 Å². The van der Waals surface area contributed by atoms with Gasteiger partial charge in [-0.3, -0.25) is 25.8 Å². The fourth-order valence-electron chi connectivity index (χ4n) is 1.74. The Morgan fingerprint density at radius 2 is 1.70 bits per heavy atom. The molecule has 8 heteroatoms. The number of non-ortho nitro benzene ring substituents is 1. The number of hydrazine groups is 1. The lowest BCUT2D eigenvalue weighted by molar-refractivity contribution is -0.384. The highest BCUT2D eigenvalue weighted by molar-refractivity contribution is 7.80. The van der Waals surface area contributed by atoms with E-state index in [0.717, 1.165) is 5.56 Å². The number of hydrogen-bond donors (Lipinski definition) is 3. The van der Waals surface area contributed by atoms with Crippen molar-refractivity contribution in [1.82, 2.24) is 16.2 Å². The molecule has 23 heavy (non-hydrogen) atoms. The Labute approximate surface area is 137 Å². The molecule has 2 aromatic carbocycles. The first-order valence-electron chi connectivity index (χ1n) is 6.69. The van der Waals surface area contributed by atoms with Crippen LogP contribution in [-0.2, 0) is 6.54 Å². The van der Waals surface area contributed by atoms with Crippen molar-refractivity contribution in [1.29, 1.82) is 0 Å². The quantitative estimate of drug-likeness (QED) is 0.450. The lowest BCUT2D eigenvalue weighted by Gasteiger charge is -2.11. The van der Waals surface area contributed by atoms with Crippen molar-refractivity contribution < 1.29 is 9.72 Å². The molecule has 3 N–H and O–H groups in total. The molecule has 7 nitrogen and oxygen atoms in total. The summed E-state index contributed by atoms with van der Waals surface area (Å²) in [5.41, 5.74) is 6.26. The zero-order chi connectivity index (χ0) is 16.7. The molecule has 0 unspecified atom stereocenters. The van der Waals surface area contributed by atoms with E-state index in [2.05, 4.69) is 16.2 Å². The highest BCUT2D eigenvalue weighted by atomic mass is 32.1. The van der Waals surface area contributed by atoms with Gasteiger partial charge in [0.15, 0.2) is 5.11 Å². The van der Waals surface area contributed by atoms with E-state index < -0.39 is 10.8 Å². The molecule has 0 heterocycles. The number of thiocarbonyl (C=S) groups is 1. The van der Waals surface area contributed by atoms with Gasteiger partial charge in [0.05, 0.1) is 4.92 Å². The Balaban J connectivity index is 1.79. The van der Waals surface area contributed by atoms with Crippen LogP contribution >= 0.6 is 12.2 Å². The van der Waals surface area contributed by atoms with Crippen molar-refractivity contribution >= 4 is 28.9 Å². The summed E-state index contributed by atoms with van der Waals surface area (Å²) in [6.45, 7) is 0.528. The average Bonchev–Trinajstić information content (AvgIpc) is 2.58. The maximum absolute atomic E-state index is 11.9. The normalized spacial score (nSPS) is 9.74. The van der Waals surface area contributed by atoms with Crippen LogP contribution in [-0.4, -0.2) is 15.9 Å². The van der Waals surface area contributed by atoms with E-state index in [0.29, 0.717) is 6.54 Å². The van der Waals surface area contributed by atoms with E-state index in [1.165, 1.54) is 24.3 Å². The monoisotopic (exact) mass is 330 g/mol. The molecule has 0 saturated heterocycles. The van der Waals surface area contributed by atoms with Gasteiger partial charge in [-0.05, 0) is 29.9 Å². The molecule has 118 valence electrons. The zero-order valence-corrected chi connectivity index (χ0v) is 12.8. The van der Waals surface area contributed by atoms with E-state index in [1.807, 2.05) is 30.3 Å².